The Morgan fingerprint density at radius 1 is 1.56 bits per heavy atom. The second-order valence-corrected chi connectivity index (χ2v) is 3.81. The van der Waals surface area contributed by atoms with E-state index in [0.717, 1.165) is 12.1 Å². The van der Waals surface area contributed by atoms with Crippen LogP contribution in [0.15, 0.2) is 18.2 Å². The molecule has 1 aliphatic heterocycles. The summed E-state index contributed by atoms with van der Waals surface area (Å²) in [5.41, 5.74) is 1.76. The lowest BCUT2D eigenvalue weighted by Crippen LogP contribution is -2.33. The molecule has 1 heterocycles. The van der Waals surface area contributed by atoms with Gasteiger partial charge in [-0.25, -0.2) is 0 Å². The Labute approximate surface area is 93.6 Å². The lowest BCUT2D eigenvalue weighted by Gasteiger charge is -2.25. The van der Waals surface area contributed by atoms with Crippen LogP contribution in [0.5, 0.6) is 0 Å². The topological polar surface area (TPSA) is 64.4 Å². The first kappa shape index (κ1) is 11.0. The van der Waals surface area contributed by atoms with Crippen molar-refractivity contribution >= 4 is 5.69 Å². The smallest absolute Gasteiger partial charge is 0.272 e. The monoisotopic (exact) mass is 222 g/mol. The van der Waals surface area contributed by atoms with Crippen molar-refractivity contribution in [3.05, 3.63) is 39.4 Å². The van der Waals surface area contributed by atoms with Gasteiger partial charge in [0.15, 0.2) is 0 Å². The highest BCUT2D eigenvalue weighted by molar-refractivity contribution is 5.45. The van der Waals surface area contributed by atoms with Gasteiger partial charge in [-0.15, -0.1) is 0 Å². The Kier molecular flexibility index (Phi) is 3.17. The summed E-state index contributed by atoms with van der Waals surface area (Å²) in [5.74, 6) is 0. The van der Waals surface area contributed by atoms with Crippen molar-refractivity contribution in [3.63, 3.8) is 0 Å². The highest BCUT2D eigenvalue weighted by Crippen LogP contribution is 2.28. The molecule has 1 aliphatic rings. The van der Waals surface area contributed by atoms with Gasteiger partial charge in [-0.1, -0.05) is 12.1 Å². The molecule has 1 fully saturated rings. The lowest BCUT2D eigenvalue weighted by atomic mass is 10.0. The van der Waals surface area contributed by atoms with Crippen LogP contribution < -0.4 is 5.32 Å². The van der Waals surface area contributed by atoms with Crippen LogP contribution in [-0.4, -0.2) is 24.6 Å². The first-order chi connectivity index (χ1) is 7.70. The lowest BCUT2D eigenvalue weighted by molar-refractivity contribution is -0.385. The van der Waals surface area contributed by atoms with Crippen LogP contribution in [0.1, 0.15) is 17.2 Å². The van der Waals surface area contributed by atoms with E-state index in [-0.39, 0.29) is 16.7 Å². The largest absolute Gasteiger partial charge is 0.371 e. The molecule has 1 aromatic carbocycles. The van der Waals surface area contributed by atoms with Crippen LogP contribution in [0.4, 0.5) is 5.69 Å². The number of rotatable bonds is 2. The van der Waals surface area contributed by atoms with E-state index < -0.39 is 0 Å². The molecule has 1 aromatic rings. The third kappa shape index (κ3) is 2.05. The second kappa shape index (κ2) is 4.59. The molecule has 86 valence electrons. The predicted octanol–water partition coefficient (Wildman–Crippen LogP) is 1.56. The molecule has 0 aliphatic carbocycles. The minimum atomic E-state index is -0.352. The summed E-state index contributed by atoms with van der Waals surface area (Å²) in [7, 11) is 0. The maximum atomic E-state index is 10.8. The zero-order chi connectivity index (χ0) is 11.5. The van der Waals surface area contributed by atoms with Crippen molar-refractivity contribution in [2.45, 2.75) is 13.0 Å². The Balaban J connectivity index is 2.33. The van der Waals surface area contributed by atoms with Gasteiger partial charge in [0.2, 0.25) is 0 Å². The van der Waals surface area contributed by atoms with Gasteiger partial charge in [-0.05, 0) is 12.5 Å². The van der Waals surface area contributed by atoms with Crippen LogP contribution in [0, 0.1) is 17.0 Å². The summed E-state index contributed by atoms with van der Waals surface area (Å²) in [5, 5.41) is 14.0. The number of morpholine rings is 1. The highest BCUT2D eigenvalue weighted by atomic mass is 16.6. The number of benzene rings is 1. The Morgan fingerprint density at radius 3 is 3.00 bits per heavy atom. The van der Waals surface area contributed by atoms with Crippen LogP contribution in [0.3, 0.4) is 0 Å². The van der Waals surface area contributed by atoms with Crippen molar-refractivity contribution in [2.75, 3.05) is 19.7 Å². The van der Waals surface area contributed by atoms with E-state index in [1.165, 1.54) is 6.07 Å². The Hall–Kier alpha value is -1.46. The van der Waals surface area contributed by atoms with Crippen LogP contribution >= 0.6 is 0 Å². The summed E-state index contributed by atoms with van der Waals surface area (Å²) >= 11 is 0. The third-order valence-corrected chi connectivity index (χ3v) is 2.82. The third-order valence-electron chi connectivity index (χ3n) is 2.82. The van der Waals surface area contributed by atoms with Crippen molar-refractivity contribution in [3.8, 4) is 0 Å². The molecule has 0 spiro atoms. The highest BCUT2D eigenvalue weighted by Gasteiger charge is 2.21. The van der Waals surface area contributed by atoms with Crippen molar-refractivity contribution in [1.29, 1.82) is 0 Å². The number of ether oxygens (including phenoxy) is 1. The molecule has 1 atom stereocenters. The van der Waals surface area contributed by atoms with E-state index in [1.807, 2.05) is 6.07 Å². The summed E-state index contributed by atoms with van der Waals surface area (Å²) in [6.07, 6.45) is -0.0753. The first-order valence-corrected chi connectivity index (χ1v) is 5.26. The molecule has 0 amide bonds. The maximum absolute atomic E-state index is 10.8. The minimum Gasteiger partial charge on any atom is -0.371 e. The first-order valence-electron chi connectivity index (χ1n) is 5.26. The molecule has 5 nitrogen and oxygen atoms in total. The molecular weight excluding hydrogens is 208 g/mol. The molecule has 1 unspecified atom stereocenters. The van der Waals surface area contributed by atoms with Gasteiger partial charge >= 0.3 is 0 Å². The van der Waals surface area contributed by atoms with E-state index in [0.29, 0.717) is 18.7 Å². The number of hydrogen-bond donors (Lipinski definition) is 1. The van der Waals surface area contributed by atoms with Crippen LogP contribution in [0.2, 0.25) is 0 Å². The van der Waals surface area contributed by atoms with Crippen molar-refractivity contribution < 1.29 is 9.66 Å². The van der Waals surface area contributed by atoms with Gasteiger partial charge in [-0.2, -0.15) is 0 Å². The standard InChI is InChI=1S/C11H14N2O3/c1-8-9(11-7-12-5-6-16-11)3-2-4-10(8)13(14)15/h2-4,11-12H,5-7H2,1H3. The molecule has 16 heavy (non-hydrogen) atoms. The number of nitrogens with one attached hydrogen (secondary N) is 1. The molecule has 0 aromatic heterocycles. The quantitative estimate of drug-likeness (QED) is 0.609. The molecule has 5 heteroatoms. The van der Waals surface area contributed by atoms with E-state index in [1.54, 1.807) is 13.0 Å². The fourth-order valence-corrected chi connectivity index (χ4v) is 1.95. The van der Waals surface area contributed by atoms with Gasteiger partial charge in [0.1, 0.15) is 0 Å². The molecule has 2 rings (SSSR count). The average molecular weight is 222 g/mol. The molecule has 1 N–H and O–H groups in total. The number of nitro groups is 1. The second-order valence-electron chi connectivity index (χ2n) is 3.81. The summed E-state index contributed by atoms with van der Waals surface area (Å²) in [6.45, 7) is 3.96. The van der Waals surface area contributed by atoms with E-state index >= 15 is 0 Å². The van der Waals surface area contributed by atoms with E-state index in [4.69, 9.17) is 4.74 Å². The number of nitro benzene ring substituents is 1. The van der Waals surface area contributed by atoms with Gasteiger partial charge in [0, 0.05) is 24.7 Å². The number of hydrogen-bond acceptors (Lipinski definition) is 4. The SMILES string of the molecule is Cc1c(C2CNCCO2)cccc1[N+](=O)[O-]. The van der Waals surface area contributed by atoms with Crippen LogP contribution in [0.25, 0.3) is 0 Å². The molecule has 0 bridgehead atoms. The summed E-state index contributed by atoms with van der Waals surface area (Å²) < 4.78 is 5.59. The van der Waals surface area contributed by atoms with Crippen molar-refractivity contribution in [1.82, 2.24) is 5.32 Å². The molecular formula is C11H14N2O3. The van der Waals surface area contributed by atoms with E-state index in [9.17, 15) is 10.1 Å². The fourth-order valence-electron chi connectivity index (χ4n) is 1.95. The Morgan fingerprint density at radius 2 is 2.38 bits per heavy atom. The summed E-state index contributed by atoms with van der Waals surface area (Å²) in [6, 6.07) is 5.12. The average Bonchev–Trinajstić information content (AvgIpc) is 2.30. The summed E-state index contributed by atoms with van der Waals surface area (Å²) in [4.78, 5) is 10.5. The van der Waals surface area contributed by atoms with Crippen molar-refractivity contribution in [2.24, 2.45) is 0 Å². The molecule has 0 radical (unpaired) electrons. The van der Waals surface area contributed by atoms with E-state index in [2.05, 4.69) is 5.32 Å². The van der Waals surface area contributed by atoms with Gasteiger partial charge in [-0.3, -0.25) is 10.1 Å². The van der Waals surface area contributed by atoms with Gasteiger partial charge in [0.25, 0.3) is 5.69 Å². The maximum Gasteiger partial charge on any atom is 0.272 e. The zero-order valence-electron chi connectivity index (χ0n) is 9.10. The predicted molar refractivity (Wildman–Crippen MR) is 59.4 cm³/mol. The molecule has 1 saturated heterocycles. The molecule has 0 saturated carbocycles. The van der Waals surface area contributed by atoms with Gasteiger partial charge in [0.05, 0.1) is 17.6 Å². The minimum absolute atomic E-state index is 0.0753. The zero-order valence-corrected chi connectivity index (χ0v) is 9.10. The Bertz CT molecular complexity index is 400. The fraction of sp³-hybridized carbons (Fsp3) is 0.455. The van der Waals surface area contributed by atoms with Crippen LogP contribution in [-0.2, 0) is 4.74 Å². The number of nitrogens with zero attached hydrogens (tertiary/aromatic N) is 1. The normalized spacial score (nSPS) is 20.7. The van der Waals surface area contributed by atoms with Gasteiger partial charge < -0.3 is 10.1 Å².